The number of rotatable bonds is 4. The number of aromatic amines is 1. The maximum Gasteiger partial charge on any atom is 0.216 e. The van der Waals surface area contributed by atoms with Crippen LogP contribution < -0.4 is 4.74 Å². The van der Waals surface area contributed by atoms with E-state index in [9.17, 15) is 0 Å². The fraction of sp³-hybridized carbons (Fsp3) is 0.0625. The molecule has 0 saturated heterocycles. The van der Waals surface area contributed by atoms with E-state index < -0.39 is 0 Å². The Morgan fingerprint density at radius 1 is 1.26 bits per heavy atom. The van der Waals surface area contributed by atoms with Crippen molar-refractivity contribution in [2.45, 2.75) is 0 Å². The molecule has 0 amide bonds. The van der Waals surface area contributed by atoms with Crippen LogP contribution in [0.1, 0.15) is 5.56 Å². The molecule has 0 fully saturated rings. The topological polar surface area (TPSA) is 55.2 Å². The molecule has 0 radical (unpaired) electrons. The lowest BCUT2D eigenvalue weighted by molar-refractivity contribution is 0.415. The van der Waals surface area contributed by atoms with Crippen molar-refractivity contribution in [3.8, 4) is 17.1 Å². The second-order valence-corrected chi connectivity index (χ2v) is 5.52. The first-order valence-electron chi connectivity index (χ1n) is 6.79. The third kappa shape index (κ3) is 3.49. The summed E-state index contributed by atoms with van der Waals surface area (Å²) in [5.41, 5.74) is 1.76. The quantitative estimate of drug-likeness (QED) is 0.571. The minimum atomic E-state index is 0.410. The molecule has 0 atom stereocenters. The van der Waals surface area contributed by atoms with Gasteiger partial charge in [0.05, 0.1) is 13.3 Å². The lowest BCUT2D eigenvalue weighted by Crippen LogP contribution is -1.95. The number of hydrogen-bond donors (Lipinski definition) is 1. The molecule has 0 unspecified atom stereocenters. The lowest BCUT2D eigenvalue weighted by Gasteiger charge is -2.03. The summed E-state index contributed by atoms with van der Waals surface area (Å²) in [6.07, 6.45) is 1.70. The number of methoxy groups -OCH3 is 1. The van der Waals surface area contributed by atoms with Gasteiger partial charge >= 0.3 is 0 Å². The molecule has 1 N–H and O–H groups in total. The number of halogens is 1. The summed E-state index contributed by atoms with van der Waals surface area (Å²) in [6, 6.07) is 14.9. The van der Waals surface area contributed by atoms with Crippen molar-refractivity contribution >= 4 is 30.0 Å². The van der Waals surface area contributed by atoms with Gasteiger partial charge in [-0.25, -0.2) is 5.10 Å². The van der Waals surface area contributed by atoms with E-state index in [1.165, 1.54) is 0 Å². The van der Waals surface area contributed by atoms with Gasteiger partial charge in [-0.3, -0.25) is 0 Å². The molecule has 7 heteroatoms. The van der Waals surface area contributed by atoms with Gasteiger partial charge in [0.25, 0.3) is 0 Å². The van der Waals surface area contributed by atoms with Gasteiger partial charge in [0.2, 0.25) is 4.77 Å². The third-order valence-corrected chi connectivity index (χ3v) is 3.69. The number of nitrogens with one attached hydrogen (secondary N) is 1. The largest absolute Gasteiger partial charge is 0.497 e. The van der Waals surface area contributed by atoms with E-state index in [1.54, 1.807) is 30.1 Å². The lowest BCUT2D eigenvalue weighted by atomic mass is 10.2. The molecular weight excluding hydrogens is 332 g/mol. The smallest absolute Gasteiger partial charge is 0.216 e. The van der Waals surface area contributed by atoms with Crippen LogP contribution in [0.2, 0.25) is 5.02 Å². The van der Waals surface area contributed by atoms with Gasteiger partial charge in [0, 0.05) is 10.6 Å². The molecule has 5 nitrogen and oxygen atoms in total. The van der Waals surface area contributed by atoms with E-state index in [4.69, 9.17) is 28.6 Å². The molecule has 116 valence electrons. The fourth-order valence-corrected chi connectivity index (χ4v) is 2.33. The molecule has 1 heterocycles. The molecule has 0 bridgehead atoms. The molecule has 0 spiro atoms. The van der Waals surface area contributed by atoms with Gasteiger partial charge in [-0.1, -0.05) is 35.9 Å². The van der Waals surface area contributed by atoms with Crippen molar-refractivity contribution in [3.05, 3.63) is 63.9 Å². The number of hydrogen-bond acceptors (Lipinski definition) is 4. The van der Waals surface area contributed by atoms with Gasteiger partial charge in [0.15, 0.2) is 5.82 Å². The highest BCUT2D eigenvalue weighted by atomic mass is 35.5. The minimum absolute atomic E-state index is 0.410. The second kappa shape index (κ2) is 6.76. The highest BCUT2D eigenvalue weighted by Gasteiger charge is 2.08. The SMILES string of the molecule is COc1cccc(-c2n[nH]c(=S)n2N=Cc2ccc(Cl)cc2)c1. The van der Waals surface area contributed by atoms with Crippen molar-refractivity contribution in [3.63, 3.8) is 0 Å². The summed E-state index contributed by atoms with van der Waals surface area (Å²) >= 11 is 11.1. The Labute approximate surface area is 143 Å². The molecule has 23 heavy (non-hydrogen) atoms. The van der Waals surface area contributed by atoms with Gasteiger partial charge in [-0.05, 0) is 42.0 Å². The normalized spacial score (nSPS) is 11.0. The number of H-pyrrole nitrogens is 1. The van der Waals surface area contributed by atoms with Crippen LogP contribution in [-0.2, 0) is 0 Å². The predicted molar refractivity (Wildman–Crippen MR) is 93.8 cm³/mol. The Kier molecular flexibility index (Phi) is 4.55. The standard InChI is InChI=1S/C16H13ClN4OS/c1-22-14-4-2-3-12(9-14)15-19-20-16(23)21(15)18-10-11-5-7-13(17)8-6-11/h2-10H,1H3,(H,20,23). The summed E-state index contributed by atoms with van der Waals surface area (Å²) in [5, 5.41) is 12.1. The van der Waals surface area contributed by atoms with Crippen molar-refractivity contribution < 1.29 is 4.74 Å². The van der Waals surface area contributed by atoms with Crippen LogP contribution in [-0.4, -0.2) is 28.2 Å². The van der Waals surface area contributed by atoms with Gasteiger partial charge in [0.1, 0.15) is 5.75 Å². The van der Waals surface area contributed by atoms with E-state index >= 15 is 0 Å². The van der Waals surface area contributed by atoms with Crippen molar-refractivity contribution in [1.29, 1.82) is 0 Å². The summed E-state index contributed by atoms with van der Waals surface area (Å²) in [7, 11) is 1.62. The molecule has 0 aliphatic carbocycles. The van der Waals surface area contributed by atoms with Crippen LogP contribution >= 0.6 is 23.8 Å². The fourth-order valence-electron chi connectivity index (χ4n) is 2.02. The number of nitrogens with zero attached hydrogens (tertiary/aromatic N) is 3. The van der Waals surface area contributed by atoms with E-state index in [1.807, 2.05) is 36.4 Å². The summed E-state index contributed by atoms with van der Waals surface area (Å²) in [6.45, 7) is 0. The Hall–Kier alpha value is -2.44. The van der Waals surface area contributed by atoms with E-state index in [0.717, 1.165) is 16.9 Å². The molecular formula is C16H13ClN4OS. The van der Waals surface area contributed by atoms with Crippen molar-refractivity contribution in [1.82, 2.24) is 14.9 Å². The van der Waals surface area contributed by atoms with Crippen molar-refractivity contribution in [2.24, 2.45) is 5.10 Å². The van der Waals surface area contributed by atoms with Gasteiger partial charge in [-0.15, -0.1) is 0 Å². The van der Waals surface area contributed by atoms with Crippen molar-refractivity contribution in [2.75, 3.05) is 7.11 Å². The van der Waals surface area contributed by atoms with Gasteiger partial charge in [-0.2, -0.15) is 14.9 Å². The summed E-state index contributed by atoms with van der Waals surface area (Å²) in [5.74, 6) is 1.35. The van der Waals surface area contributed by atoms with Crippen LogP contribution in [0.5, 0.6) is 5.75 Å². The zero-order valence-corrected chi connectivity index (χ0v) is 13.8. The monoisotopic (exact) mass is 344 g/mol. The average molecular weight is 345 g/mol. The van der Waals surface area contributed by atoms with E-state index in [-0.39, 0.29) is 0 Å². The third-order valence-electron chi connectivity index (χ3n) is 3.17. The number of benzene rings is 2. The summed E-state index contributed by atoms with van der Waals surface area (Å²) in [4.78, 5) is 0. The molecule has 1 aromatic heterocycles. The maximum absolute atomic E-state index is 5.88. The van der Waals surface area contributed by atoms with Crippen LogP contribution in [0.25, 0.3) is 11.4 Å². The second-order valence-electron chi connectivity index (χ2n) is 4.69. The molecule has 0 saturated carbocycles. The van der Waals surface area contributed by atoms with Gasteiger partial charge < -0.3 is 4.74 Å². The van der Waals surface area contributed by atoms with E-state index in [0.29, 0.717) is 15.6 Å². The first-order valence-corrected chi connectivity index (χ1v) is 7.58. The van der Waals surface area contributed by atoms with Crippen LogP contribution in [0.4, 0.5) is 0 Å². The van der Waals surface area contributed by atoms with Crippen LogP contribution in [0, 0.1) is 4.77 Å². The molecule has 3 aromatic rings. The summed E-state index contributed by atoms with van der Waals surface area (Å²) < 4.78 is 7.22. The minimum Gasteiger partial charge on any atom is -0.497 e. The highest BCUT2D eigenvalue weighted by Crippen LogP contribution is 2.22. The number of ether oxygens (including phenoxy) is 1. The van der Waals surface area contributed by atoms with Crippen LogP contribution in [0.3, 0.4) is 0 Å². The van der Waals surface area contributed by atoms with Crippen LogP contribution in [0.15, 0.2) is 53.6 Å². The molecule has 3 rings (SSSR count). The van der Waals surface area contributed by atoms with E-state index in [2.05, 4.69) is 15.3 Å². The first kappa shape index (κ1) is 15.5. The molecule has 2 aromatic carbocycles. The first-order chi connectivity index (χ1) is 11.2. The Morgan fingerprint density at radius 3 is 2.78 bits per heavy atom. The molecule has 0 aliphatic rings. The molecule has 0 aliphatic heterocycles. The Morgan fingerprint density at radius 2 is 2.04 bits per heavy atom. The Bertz CT molecular complexity index is 899. The number of aromatic nitrogens is 3. The predicted octanol–water partition coefficient (Wildman–Crippen LogP) is 4.15. The Balaban J connectivity index is 1.98. The maximum atomic E-state index is 5.88. The zero-order chi connectivity index (χ0) is 16.2. The highest BCUT2D eigenvalue weighted by molar-refractivity contribution is 7.71. The average Bonchev–Trinajstić information content (AvgIpc) is 2.95. The zero-order valence-electron chi connectivity index (χ0n) is 12.2.